The lowest BCUT2D eigenvalue weighted by Gasteiger charge is -2.12. The highest BCUT2D eigenvalue weighted by Gasteiger charge is 2.08. The molecular formula is C13H16N4O. The zero-order valence-corrected chi connectivity index (χ0v) is 10.5. The van der Waals surface area contributed by atoms with Gasteiger partial charge in [0.2, 0.25) is 5.95 Å². The molecule has 0 aliphatic rings. The molecule has 5 nitrogen and oxygen atoms in total. The highest BCUT2D eigenvalue weighted by molar-refractivity contribution is 5.26. The van der Waals surface area contributed by atoms with Crippen LogP contribution in [0, 0.1) is 13.8 Å². The van der Waals surface area contributed by atoms with Crippen LogP contribution in [-0.4, -0.2) is 26.8 Å². The number of hydrogen-bond acceptors (Lipinski definition) is 5. The highest BCUT2D eigenvalue weighted by atomic mass is 16.3. The Kier molecular flexibility index (Phi) is 3.84. The van der Waals surface area contributed by atoms with E-state index in [-0.39, 0.29) is 0 Å². The van der Waals surface area contributed by atoms with Crippen molar-refractivity contribution in [3.05, 3.63) is 47.3 Å². The summed E-state index contributed by atoms with van der Waals surface area (Å²) in [6.45, 7) is 4.09. The van der Waals surface area contributed by atoms with Gasteiger partial charge in [0.15, 0.2) is 0 Å². The maximum absolute atomic E-state index is 9.97. The lowest BCUT2D eigenvalue weighted by Crippen LogP contribution is -2.15. The predicted molar refractivity (Wildman–Crippen MR) is 69.2 cm³/mol. The molecule has 5 heteroatoms. The van der Waals surface area contributed by atoms with E-state index in [1.165, 1.54) is 0 Å². The zero-order valence-electron chi connectivity index (χ0n) is 10.5. The molecule has 1 heterocycles. The summed E-state index contributed by atoms with van der Waals surface area (Å²) in [7, 11) is 0. The van der Waals surface area contributed by atoms with E-state index in [9.17, 15) is 5.11 Å². The maximum Gasteiger partial charge on any atom is 0.243 e. The molecule has 1 aromatic heterocycles. The molecule has 0 aliphatic heterocycles. The van der Waals surface area contributed by atoms with Gasteiger partial charge in [0.05, 0.1) is 17.5 Å². The number of aryl methyl sites for hydroxylation is 2. The number of nitrogens with zero attached hydrogens (tertiary/aromatic N) is 3. The SMILES string of the molecule is Cc1nnc(NCC(O)c2ccccc2)nc1C. The Labute approximate surface area is 106 Å². The summed E-state index contributed by atoms with van der Waals surface area (Å²) in [5.74, 6) is 0.438. The number of nitrogens with one attached hydrogen (secondary N) is 1. The highest BCUT2D eigenvalue weighted by Crippen LogP contribution is 2.12. The van der Waals surface area contributed by atoms with Crippen molar-refractivity contribution in [2.75, 3.05) is 11.9 Å². The van der Waals surface area contributed by atoms with Crippen molar-refractivity contribution in [3.63, 3.8) is 0 Å². The first-order valence-electron chi connectivity index (χ1n) is 5.81. The van der Waals surface area contributed by atoms with E-state index >= 15 is 0 Å². The van der Waals surface area contributed by atoms with E-state index in [1.807, 2.05) is 44.2 Å². The van der Waals surface area contributed by atoms with Crippen molar-refractivity contribution in [1.82, 2.24) is 15.2 Å². The van der Waals surface area contributed by atoms with Gasteiger partial charge in [0.1, 0.15) is 0 Å². The van der Waals surface area contributed by atoms with Crippen LogP contribution in [0.1, 0.15) is 23.1 Å². The van der Waals surface area contributed by atoms with Gasteiger partial charge >= 0.3 is 0 Å². The first kappa shape index (κ1) is 12.4. The standard InChI is InChI=1S/C13H16N4O/c1-9-10(2)16-17-13(15-9)14-8-12(18)11-6-4-3-5-7-11/h3-7,12,18H,8H2,1-2H3,(H,14,15,17). The fraction of sp³-hybridized carbons (Fsp3) is 0.308. The van der Waals surface area contributed by atoms with Crippen molar-refractivity contribution in [2.45, 2.75) is 20.0 Å². The molecule has 2 aromatic rings. The fourth-order valence-electron chi connectivity index (χ4n) is 1.51. The van der Waals surface area contributed by atoms with E-state index in [2.05, 4.69) is 20.5 Å². The van der Waals surface area contributed by atoms with Gasteiger partial charge < -0.3 is 10.4 Å². The van der Waals surface area contributed by atoms with Crippen molar-refractivity contribution in [3.8, 4) is 0 Å². The van der Waals surface area contributed by atoms with Crippen LogP contribution in [0.25, 0.3) is 0 Å². The molecular weight excluding hydrogens is 228 g/mol. The van der Waals surface area contributed by atoms with Gasteiger partial charge in [0, 0.05) is 6.54 Å². The van der Waals surface area contributed by atoms with Crippen LogP contribution in [-0.2, 0) is 0 Å². The Bertz CT molecular complexity index is 516. The minimum atomic E-state index is -0.587. The minimum absolute atomic E-state index is 0.355. The van der Waals surface area contributed by atoms with E-state index in [1.54, 1.807) is 0 Å². The van der Waals surface area contributed by atoms with Gasteiger partial charge in [-0.1, -0.05) is 30.3 Å². The van der Waals surface area contributed by atoms with E-state index in [4.69, 9.17) is 0 Å². The van der Waals surface area contributed by atoms with Crippen LogP contribution in [0.15, 0.2) is 30.3 Å². The molecule has 0 amide bonds. The zero-order chi connectivity index (χ0) is 13.0. The monoisotopic (exact) mass is 244 g/mol. The third kappa shape index (κ3) is 3.01. The molecule has 0 bridgehead atoms. The topological polar surface area (TPSA) is 70.9 Å². The number of aliphatic hydroxyl groups excluding tert-OH is 1. The van der Waals surface area contributed by atoms with Crippen LogP contribution in [0.3, 0.4) is 0 Å². The number of anilines is 1. The molecule has 1 aromatic carbocycles. The van der Waals surface area contributed by atoms with Crippen LogP contribution < -0.4 is 5.32 Å². The van der Waals surface area contributed by atoms with Gasteiger partial charge in [-0.25, -0.2) is 4.98 Å². The average Bonchev–Trinajstić information content (AvgIpc) is 2.41. The Morgan fingerprint density at radius 1 is 1.11 bits per heavy atom. The van der Waals surface area contributed by atoms with E-state index in [0.29, 0.717) is 12.5 Å². The minimum Gasteiger partial charge on any atom is -0.387 e. The molecule has 0 saturated heterocycles. The van der Waals surface area contributed by atoms with E-state index < -0.39 is 6.10 Å². The summed E-state index contributed by atoms with van der Waals surface area (Å²) in [4.78, 5) is 4.24. The maximum atomic E-state index is 9.97. The summed E-state index contributed by atoms with van der Waals surface area (Å²) < 4.78 is 0. The van der Waals surface area contributed by atoms with Gasteiger partial charge in [-0.05, 0) is 19.4 Å². The average molecular weight is 244 g/mol. The molecule has 94 valence electrons. The molecule has 2 rings (SSSR count). The molecule has 1 unspecified atom stereocenters. The number of hydrogen-bond donors (Lipinski definition) is 2. The first-order valence-corrected chi connectivity index (χ1v) is 5.81. The Hall–Kier alpha value is -2.01. The van der Waals surface area contributed by atoms with Crippen LogP contribution in [0.5, 0.6) is 0 Å². The summed E-state index contributed by atoms with van der Waals surface area (Å²) >= 11 is 0. The first-order chi connectivity index (χ1) is 8.66. The summed E-state index contributed by atoms with van der Waals surface area (Å²) in [6, 6.07) is 9.47. The Balaban J connectivity index is 1.97. The molecule has 0 saturated carbocycles. The normalized spacial score (nSPS) is 12.2. The van der Waals surface area contributed by atoms with Gasteiger partial charge in [-0.15, -0.1) is 5.10 Å². The summed E-state index contributed by atoms with van der Waals surface area (Å²) in [5.41, 5.74) is 2.51. The molecule has 0 fully saturated rings. The Morgan fingerprint density at radius 3 is 2.50 bits per heavy atom. The number of aliphatic hydroxyl groups is 1. The van der Waals surface area contributed by atoms with E-state index in [0.717, 1.165) is 17.0 Å². The van der Waals surface area contributed by atoms with Crippen LogP contribution in [0.2, 0.25) is 0 Å². The van der Waals surface area contributed by atoms with Crippen molar-refractivity contribution in [2.24, 2.45) is 0 Å². The second-order valence-corrected chi connectivity index (χ2v) is 4.11. The second kappa shape index (κ2) is 5.55. The smallest absolute Gasteiger partial charge is 0.243 e. The van der Waals surface area contributed by atoms with Crippen molar-refractivity contribution in [1.29, 1.82) is 0 Å². The molecule has 0 radical (unpaired) electrons. The molecule has 2 N–H and O–H groups in total. The van der Waals surface area contributed by atoms with Gasteiger partial charge in [0.25, 0.3) is 0 Å². The quantitative estimate of drug-likeness (QED) is 0.855. The van der Waals surface area contributed by atoms with Gasteiger partial charge in [-0.2, -0.15) is 5.10 Å². The van der Waals surface area contributed by atoms with Crippen LogP contribution >= 0.6 is 0 Å². The molecule has 1 atom stereocenters. The lowest BCUT2D eigenvalue weighted by molar-refractivity contribution is 0.191. The fourth-order valence-corrected chi connectivity index (χ4v) is 1.51. The summed E-state index contributed by atoms with van der Waals surface area (Å²) in [5, 5.41) is 20.8. The number of aromatic nitrogens is 3. The third-order valence-electron chi connectivity index (χ3n) is 2.73. The lowest BCUT2D eigenvalue weighted by atomic mass is 10.1. The van der Waals surface area contributed by atoms with Crippen molar-refractivity contribution < 1.29 is 5.11 Å². The van der Waals surface area contributed by atoms with Gasteiger partial charge in [-0.3, -0.25) is 0 Å². The summed E-state index contributed by atoms with van der Waals surface area (Å²) in [6.07, 6.45) is -0.587. The second-order valence-electron chi connectivity index (χ2n) is 4.11. The number of rotatable bonds is 4. The molecule has 0 spiro atoms. The third-order valence-corrected chi connectivity index (χ3v) is 2.73. The Morgan fingerprint density at radius 2 is 1.83 bits per heavy atom. The molecule has 0 aliphatic carbocycles. The number of benzene rings is 1. The van der Waals surface area contributed by atoms with Crippen LogP contribution in [0.4, 0.5) is 5.95 Å². The largest absolute Gasteiger partial charge is 0.387 e. The van der Waals surface area contributed by atoms with Crippen molar-refractivity contribution >= 4 is 5.95 Å². The predicted octanol–water partition coefficient (Wildman–Crippen LogP) is 1.63. The molecule has 18 heavy (non-hydrogen) atoms.